The number of amides is 4. The third kappa shape index (κ3) is 4.32. The van der Waals surface area contributed by atoms with E-state index in [1.807, 2.05) is 6.92 Å². The topological polar surface area (TPSA) is 78.5 Å². The second-order valence-corrected chi connectivity index (χ2v) is 5.92. The van der Waals surface area contributed by atoms with Crippen LogP contribution in [0.25, 0.3) is 0 Å². The van der Waals surface area contributed by atoms with Crippen molar-refractivity contribution >= 4 is 17.8 Å². The average Bonchev–Trinajstić information content (AvgIpc) is 2.76. The number of imide groups is 1. The van der Waals surface area contributed by atoms with Gasteiger partial charge in [0.05, 0.1) is 0 Å². The van der Waals surface area contributed by atoms with Gasteiger partial charge in [0.2, 0.25) is 5.91 Å². The molecule has 0 spiro atoms. The summed E-state index contributed by atoms with van der Waals surface area (Å²) in [5, 5.41) is 5.41. The van der Waals surface area contributed by atoms with Crippen LogP contribution in [-0.4, -0.2) is 41.9 Å². The van der Waals surface area contributed by atoms with Crippen molar-refractivity contribution in [3.63, 3.8) is 0 Å². The molecule has 0 radical (unpaired) electrons. The molecule has 0 aromatic carbocycles. The molecule has 4 amide bonds. The van der Waals surface area contributed by atoms with E-state index in [9.17, 15) is 14.4 Å². The molecule has 122 valence electrons. The van der Waals surface area contributed by atoms with E-state index in [2.05, 4.69) is 16.7 Å². The van der Waals surface area contributed by atoms with Crippen LogP contribution in [0.2, 0.25) is 0 Å². The number of allylic oxidation sites excluding steroid dienone is 1. The van der Waals surface area contributed by atoms with Gasteiger partial charge in [-0.05, 0) is 38.5 Å². The average molecular weight is 307 g/mol. The highest BCUT2D eigenvalue weighted by Gasteiger charge is 2.38. The number of carbonyl (C=O) groups excluding carboxylic acids is 3. The first-order chi connectivity index (χ1) is 10.6. The summed E-state index contributed by atoms with van der Waals surface area (Å²) in [5.74, 6) is -0.575. The van der Waals surface area contributed by atoms with E-state index in [0.29, 0.717) is 13.0 Å². The van der Waals surface area contributed by atoms with Gasteiger partial charge in [0, 0.05) is 6.54 Å². The number of urea groups is 1. The van der Waals surface area contributed by atoms with Crippen molar-refractivity contribution in [2.24, 2.45) is 0 Å². The van der Waals surface area contributed by atoms with Crippen LogP contribution in [0, 0.1) is 0 Å². The lowest BCUT2D eigenvalue weighted by molar-refractivity contribution is -0.132. The molecule has 1 aliphatic heterocycles. The Morgan fingerprint density at radius 3 is 2.91 bits per heavy atom. The number of nitrogens with zero attached hydrogens (tertiary/aromatic N) is 1. The first-order valence-corrected chi connectivity index (χ1v) is 8.18. The third-order valence-electron chi connectivity index (χ3n) is 4.14. The van der Waals surface area contributed by atoms with Gasteiger partial charge < -0.3 is 10.6 Å². The Morgan fingerprint density at radius 2 is 2.23 bits per heavy atom. The maximum atomic E-state index is 12.0. The molecule has 22 heavy (non-hydrogen) atoms. The Labute approximate surface area is 131 Å². The molecule has 6 heteroatoms. The van der Waals surface area contributed by atoms with Gasteiger partial charge in [-0.1, -0.05) is 25.0 Å². The Kier molecular flexibility index (Phi) is 5.98. The number of hydrogen-bond acceptors (Lipinski definition) is 3. The summed E-state index contributed by atoms with van der Waals surface area (Å²) in [7, 11) is 0. The van der Waals surface area contributed by atoms with Crippen LogP contribution < -0.4 is 10.6 Å². The van der Waals surface area contributed by atoms with Gasteiger partial charge in [-0.25, -0.2) is 4.79 Å². The Bertz CT molecular complexity index is 473. The maximum Gasteiger partial charge on any atom is 0.325 e. The number of carbonyl (C=O) groups is 3. The molecule has 1 aliphatic carbocycles. The molecule has 1 unspecified atom stereocenters. The predicted octanol–water partition coefficient (Wildman–Crippen LogP) is 1.71. The molecule has 2 rings (SSSR count). The summed E-state index contributed by atoms with van der Waals surface area (Å²) < 4.78 is 0. The molecule has 6 nitrogen and oxygen atoms in total. The van der Waals surface area contributed by atoms with Crippen molar-refractivity contribution < 1.29 is 14.4 Å². The van der Waals surface area contributed by atoms with Crippen LogP contribution >= 0.6 is 0 Å². The number of nitrogens with one attached hydrogen (secondary N) is 2. The summed E-state index contributed by atoms with van der Waals surface area (Å²) >= 11 is 0. The molecule has 1 atom stereocenters. The number of rotatable bonds is 7. The highest BCUT2D eigenvalue weighted by Crippen LogP contribution is 2.19. The fourth-order valence-electron chi connectivity index (χ4n) is 2.90. The first-order valence-electron chi connectivity index (χ1n) is 8.18. The van der Waals surface area contributed by atoms with E-state index in [0.717, 1.165) is 30.6 Å². The minimum atomic E-state index is -0.474. The van der Waals surface area contributed by atoms with Gasteiger partial charge in [0.15, 0.2) is 0 Å². The van der Waals surface area contributed by atoms with Gasteiger partial charge in [0.1, 0.15) is 12.6 Å². The Balaban J connectivity index is 1.73. The molecule has 1 heterocycles. The molecule has 1 fully saturated rings. The second-order valence-electron chi connectivity index (χ2n) is 5.92. The smallest absolute Gasteiger partial charge is 0.325 e. The lowest BCUT2D eigenvalue weighted by atomic mass is 9.97. The van der Waals surface area contributed by atoms with Gasteiger partial charge in [-0.3, -0.25) is 14.5 Å². The van der Waals surface area contributed by atoms with Crippen LogP contribution in [0.5, 0.6) is 0 Å². The molecule has 2 N–H and O–H groups in total. The molecular formula is C16H25N3O3. The molecular weight excluding hydrogens is 282 g/mol. The summed E-state index contributed by atoms with van der Waals surface area (Å²) in [5.41, 5.74) is 1.39. The van der Waals surface area contributed by atoms with Crippen molar-refractivity contribution in [2.45, 2.75) is 57.9 Å². The van der Waals surface area contributed by atoms with Crippen molar-refractivity contribution in [1.82, 2.24) is 15.5 Å². The molecule has 0 aromatic rings. The fourth-order valence-corrected chi connectivity index (χ4v) is 2.90. The van der Waals surface area contributed by atoms with Gasteiger partial charge in [0.25, 0.3) is 5.91 Å². The van der Waals surface area contributed by atoms with E-state index in [-0.39, 0.29) is 18.4 Å². The molecule has 0 bridgehead atoms. The van der Waals surface area contributed by atoms with Gasteiger partial charge in [-0.2, -0.15) is 0 Å². The Morgan fingerprint density at radius 1 is 1.41 bits per heavy atom. The van der Waals surface area contributed by atoms with Gasteiger partial charge in [-0.15, -0.1) is 0 Å². The SMILES string of the molecule is CCCC1NC(=O)N(CC(=O)NCCC2=CCCCC2)C1=O. The van der Waals surface area contributed by atoms with Crippen molar-refractivity contribution in [3.05, 3.63) is 11.6 Å². The van der Waals surface area contributed by atoms with E-state index < -0.39 is 12.1 Å². The lowest BCUT2D eigenvalue weighted by Crippen LogP contribution is -2.41. The largest absolute Gasteiger partial charge is 0.354 e. The highest BCUT2D eigenvalue weighted by molar-refractivity contribution is 6.06. The van der Waals surface area contributed by atoms with Crippen LogP contribution in [0.4, 0.5) is 4.79 Å². The first kappa shape index (κ1) is 16.5. The normalized spacial score (nSPS) is 21.6. The van der Waals surface area contributed by atoms with Crippen molar-refractivity contribution in [3.8, 4) is 0 Å². The summed E-state index contributed by atoms with van der Waals surface area (Å²) in [4.78, 5) is 36.6. The Hall–Kier alpha value is -1.85. The minimum absolute atomic E-state index is 0.191. The second kappa shape index (κ2) is 7.96. The number of hydrogen-bond donors (Lipinski definition) is 2. The molecule has 1 saturated heterocycles. The monoisotopic (exact) mass is 307 g/mol. The zero-order chi connectivity index (χ0) is 15.9. The van der Waals surface area contributed by atoms with E-state index in [4.69, 9.17) is 0 Å². The fraction of sp³-hybridized carbons (Fsp3) is 0.688. The quantitative estimate of drug-likeness (QED) is 0.555. The van der Waals surface area contributed by atoms with Crippen molar-refractivity contribution in [1.29, 1.82) is 0 Å². The van der Waals surface area contributed by atoms with E-state index in [1.165, 1.54) is 18.4 Å². The molecule has 0 aromatic heterocycles. The third-order valence-corrected chi connectivity index (χ3v) is 4.14. The minimum Gasteiger partial charge on any atom is -0.354 e. The van der Waals surface area contributed by atoms with Crippen LogP contribution in [0.1, 0.15) is 51.9 Å². The zero-order valence-corrected chi connectivity index (χ0v) is 13.2. The summed E-state index contributed by atoms with van der Waals surface area (Å²) in [6.07, 6.45) is 9.24. The highest BCUT2D eigenvalue weighted by atomic mass is 16.2. The molecule has 2 aliphatic rings. The van der Waals surface area contributed by atoms with Crippen LogP contribution in [0.15, 0.2) is 11.6 Å². The standard InChI is InChI=1S/C16H25N3O3/c1-2-6-13-15(21)19(16(22)18-13)11-14(20)17-10-9-12-7-4-3-5-8-12/h7,13H,2-6,8-11H2,1H3,(H,17,20)(H,18,22). The van der Waals surface area contributed by atoms with E-state index in [1.54, 1.807) is 0 Å². The molecule has 0 saturated carbocycles. The zero-order valence-electron chi connectivity index (χ0n) is 13.2. The predicted molar refractivity (Wildman–Crippen MR) is 83.1 cm³/mol. The van der Waals surface area contributed by atoms with Crippen LogP contribution in [0.3, 0.4) is 0 Å². The summed E-state index contributed by atoms with van der Waals surface area (Å²) in [6.45, 7) is 2.32. The maximum absolute atomic E-state index is 12.0. The summed E-state index contributed by atoms with van der Waals surface area (Å²) in [6, 6.07) is -0.939. The lowest BCUT2D eigenvalue weighted by Gasteiger charge is -2.15. The van der Waals surface area contributed by atoms with Gasteiger partial charge >= 0.3 is 6.03 Å². The van der Waals surface area contributed by atoms with E-state index >= 15 is 0 Å². The van der Waals surface area contributed by atoms with Crippen molar-refractivity contribution in [2.75, 3.05) is 13.1 Å². The van der Waals surface area contributed by atoms with Crippen LogP contribution in [-0.2, 0) is 9.59 Å².